The van der Waals surface area contributed by atoms with Gasteiger partial charge in [0, 0.05) is 6.54 Å². The number of carbonyl (C=O) groups excluding carboxylic acids is 3. The Kier molecular flexibility index (Phi) is 9.16. The van der Waals surface area contributed by atoms with Crippen LogP contribution in [0.3, 0.4) is 0 Å². The highest BCUT2D eigenvalue weighted by atomic mass is 16.6. The van der Waals surface area contributed by atoms with Gasteiger partial charge in [-0.05, 0) is 40.2 Å². The number of unbranched alkanes of at least 4 members (excludes halogenated alkanes) is 2. The van der Waals surface area contributed by atoms with Crippen molar-refractivity contribution in [3.05, 3.63) is 0 Å². The smallest absolute Gasteiger partial charge is 0.408 e. The highest BCUT2D eigenvalue weighted by Gasteiger charge is 2.25. The van der Waals surface area contributed by atoms with Gasteiger partial charge < -0.3 is 26.8 Å². The molecule has 0 aromatic rings. The zero-order valence-corrected chi connectivity index (χ0v) is 13.6. The molecule has 0 aliphatic heterocycles. The van der Waals surface area contributed by atoms with Crippen molar-refractivity contribution in [2.75, 3.05) is 13.1 Å². The molecule has 6 N–H and O–H groups in total. The first kappa shape index (κ1) is 20.2. The van der Waals surface area contributed by atoms with E-state index in [1.807, 2.05) is 0 Å². The third kappa shape index (κ3) is 10.9. The third-order valence-corrected chi connectivity index (χ3v) is 2.59. The van der Waals surface area contributed by atoms with Crippen molar-refractivity contribution in [3.63, 3.8) is 0 Å². The van der Waals surface area contributed by atoms with Crippen LogP contribution in [0.4, 0.5) is 4.79 Å². The van der Waals surface area contributed by atoms with E-state index in [0.717, 1.165) is 19.3 Å². The Morgan fingerprint density at radius 1 is 1.14 bits per heavy atom. The van der Waals surface area contributed by atoms with E-state index in [0.29, 0.717) is 13.1 Å². The quantitative estimate of drug-likeness (QED) is 0.444. The molecule has 8 heteroatoms. The van der Waals surface area contributed by atoms with Crippen LogP contribution in [0.2, 0.25) is 0 Å². The average molecular weight is 316 g/mol. The topological polar surface area (TPSA) is 137 Å². The van der Waals surface area contributed by atoms with Gasteiger partial charge in [-0.3, -0.25) is 9.59 Å². The zero-order chi connectivity index (χ0) is 17.2. The summed E-state index contributed by atoms with van der Waals surface area (Å²) in [4.78, 5) is 34.7. The van der Waals surface area contributed by atoms with E-state index in [-0.39, 0.29) is 6.42 Å². The second-order valence-electron chi connectivity index (χ2n) is 6.01. The molecule has 0 spiro atoms. The molecule has 0 bridgehead atoms. The SMILES string of the molecule is CC(C)(C)OC(=O)N[C@@H](CC(N)=O)C(=O)NCCCCCN. The standard InChI is InChI=1S/C14H28N4O4/c1-14(2,3)22-13(21)18-10(9-11(16)19)12(20)17-8-6-4-5-7-15/h10H,4-9,15H2,1-3H3,(H2,16,19)(H,17,20)(H,18,21)/t10-/m0/s1. The molecular weight excluding hydrogens is 288 g/mol. The summed E-state index contributed by atoms with van der Waals surface area (Å²) in [5.41, 5.74) is 9.79. The normalized spacial score (nSPS) is 12.4. The Bertz CT molecular complexity index is 380. The number of primary amides is 1. The zero-order valence-electron chi connectivity index (χ0n) is 13.6. The third-order valence-electron chi connectivity index (χ3n) is 2.59. The summed E-state index contributed by atoms with van der Waals surface area (Å²) < 4.78 is 5.06. The summed E-state index contributed by atoms with van der Waals surface area (Å²) in [5, 5.41) is 5.02. The molecule has 0 saturated carbocycles. The van der Waals surface area contributed by atoms with Gasteiger partial charge in [0.2, 0.25) is 11.8 Å². The predicted octanol–water partition coefficient (Wildman–Crippen LogP) is 0.000300. The maximum absolute atomic E-state index is 12.0. The van der Waals surface area contributed by atoms with E-state index in [1.165, 1.54) is 0 Å². The van der Waals surface area contributed by atoms with Gasteiger partial charge in [-0.1, -0.05) is 6.42 Å². The molecule has 8 nitrogen and oxygen atoms in total. The second-order valence-corrected chi connectivity index (χ2v) is 6.01. The number of alkyl carbamates (subject to hydrolysis) is 1. The highest BCUT2D eigenvalue weighted by Crippen LogP contribution is 2.07. The van der Waals surface area contributed by atoms with E-state index in [9.17, 15) is 14.4 Å². The van der Waals surface area contributed by atoms with E-state index < -0.39 is 29.6 Å². The fourth-order valence-corrected chi connectivity index (χ4v) is 1.64. The average Bonchev–Trinajstić information content (AvgIpc) is 2.34. The van der Waals surface area contributed by atoms with Crippen LogP contribution in [0.25, 0.3) is 0 Å². The van der Waals surface area contributed by atoms with Crippen LogP contribution in [0.15, 0.2) is 0 Å². The molecule has 0 unspecified atom stereocenters. The summed E-state index contributed by atoms with van der Waals surface area (Å²) in [7, 11) is 0. The lowest BCUT2D eigenvalue weighted by atomic mass is 10.1. The molecule has 3 amide bonds. The van der Waals surface area contributed by atoms with Crippen molar-refractivity contribution >= 4 is 17.9 Å². The fraction of sp³-hybridized carbons (Fsp3) is 0.786. The molecule has 0 rings (SSSR count). The number of carbonyl (C=O) groups is 3. The van der Waals surface area contributed by atoms with Gasteiger partial charge in [0.15, 0.2) is 0 Å². The predicted molar refractivity (Wildman–Crippen MR) is 82.9 cm³/mol. The van der Waals surface area contributed by atoms with Gasteiger partial charge >= 0.3 is 6.09 Å². The molecular formula is C14H28N4O4. The number of amides is 3. The number of nitrogens with one attached hydrogen (secondary N) is 2. The van der Waals surface area contributed by atoms with Crippen LogP contribution in [0.5, 0.6) is 0 Å². The van der Waals surface area contributed by atoms with Crippen molar-refractivity contribution in [2.24, 2.45) is 11.5 Å². The van der Waals surface area contributed by atoms with Crippen LogP contribution in [0.1, 0.15) is 46.5 Å². The number of hydrogen-bond donors (Lipinski definition) is 4. The van der Waals surface area contributed by atoms with Crippen molar-refractivity contribution in [1.82, 2.24) is 10.6 Å². The van der Waals surface area contributed by atoms with Crippen molar-refractivity contribution in [2.45, 2.75) is 58.1 Å². The van der Waals surface area contributed by atoms with Crippen molar-refractivity contribution < 1.29 is 19.1 Å². The lowest BCUT2D eigenvalue weighted by Crippen LogP contribution is -2.50. The van der Waals surface area contributed by atoms with Gasteiger partial charge in [-0.2, -0.15) is 0 Å². The van der Waals surface area contributed by atoms with Crippen molar-refractivity contribution in [1.29, 1.82) is 0 Å². The first-order chi connectivity index (χ1) is 10.2. The molecule has 22 heavy (non-hydrogen) atoms. The van der Waals surface area contributed by atoms with Gasteiger partial charge in [0.05, 0.1) is 6.42 Å². The fourth-order valence-electron chi connectivity index (χ4n) is 1.64. The van der Waals surface area contributed by atoms with Crippen LogP contribution in [-0.2, 0) is 14.3 Å². The van der Waals surface area contributed by atoms with Gasteiger partial charge in [0.1, 0.15) is 11.6 Å². The van der Waals surface area contributed by atoms with E-state index in [1.54, 1.807) is 20.8 Å². The maximum Gasteiger partial charge on any atom is 0.408 e. The van der Waals surface area contributed by atoms with Gasteiger partial charge in [-0.25, -0.2) is 4.79 Å². The Balaban J connectivity index is 4.40. The van der Waals surface area contributed by atoms with Crippen LogP contribution < -0.4 is 22.1 Å². The lowest BCUT2D eigenvalue weighted by Gasteiger charge is -2.22. The molecule has 0 aliphatic carbocycles. The summed E-state index contributed by atoms with van der Waals surface area (Å²) >= 11 is 0. The molecule has 1 atom stereocenters. The molecule has 0 saturated heterocycles. The minimum absolute atomic E-state index is 0.284. The van der Waals surface area contributed by atoms with Crippen molar-refractivity contribution in [3.8, 4) is 0 Å². The molecule has 0 aromatic heterocycles. The maximum atomic E-state index is 12.0. The largest absolute Gasteiger partial charge is 0.444 e. The molecule has 0 aliphatic rings. The minimum atomic E-state index is -1.04. The van der Waals surface area contributed by atoms with E-state index in [2.05, 4.69) is 10.6 Å². The highest BCUT2D eigenvalue weighted by molar-refractivity contribution is 5.90. The first-order valence-corrected chi connectivity index (χ1v) is 7.41. The number of nitrogens with two attached hydrogens (primary N) is 2. The number of ether oxygens (including phenoxy) is 1. The Morgan fingerprint density at radius 3 is 2.27 bits per heavy atom. The summed E-state index contributed by atoms with van der Waals surface area (Å²) in [5.74, 6) is -1.14. The lowest BCUT2D eigenvalue weighted by molar-refractivity contribution is -0.127. The molecule has 0 aromatic carbocycles. The summed E-state index contributed by atoms with van der Waals surface area (Å²) in [6.45, 7) is 6.16. The van der Waals surface area contributed by atoms with E-state index >= 15 is 0 Å². The van der Waals surface area contributed by atoms with E-state index in [4.69, 9.17) is 16.2 Å². The molecule has 0 fully saturated rings. The summed E-state index contributed by atoms with van der Waals surface area (Å²) in [6.07, 6.45) is 1.51. The van der Waals surface area contributed by atoms with Crippen LogP contribution in [-0.4, -0.2) is 42.6 Å². The Hall–Kier alpha value is -1.83. The second kappa shape index (κ2) is 9.99. The van der Waals surface area contributed by atoms with Crippen LogP contribution in [0, 0.1) is 0 Å². The van der Waals surface area contributed by atoms with Gasteiger partial charge in [-0.15, -0.1) is 0 Å². The number of hydrogen-bond acceptors (Lipinski definition) is 5. The molecule has 0 heterocycles. The minimum Gasteiger partial charge on any atom is -0.444 e. The Morgan fingerprint density at radius 2 is 1.77 bits per heavy atom. The first-order valence-electron chi connectivity index (χ1n) is 7.41. The summed E-state index contributed by atoms with van der Waals surface area (Å²) in [6, 6.07) is -1.04. The molecule has 128 valence electrons. The Labute approximate surface area is 131 Å². The van der Waals surface area contributed by atoms with Gasteiger partial charge in [0.25, 0.3) is 0 Å². The molecule has 0 radical (unpaired) electrons. The monoisotopic (exact) mass is 316 g/mol. The number of rotatable bonds is 9. The van der Waals surface area contributed by atoms with Crippen LogP contribution >= 0.6 is 0 Å².